The molecule has 0 aromatic rings. The summed E-state index contributed by atoms with van der Waals surface area (Å²) in [7, 11) is 0. The van der Waals surface area contributed by atoms with E-state index in [0.717, 1.165) is 0 Å². The smallest absolute Gasteiger partial charge is 0.328 e. The fourth-order valence-electron chi connectivity index (χ4n) is 2.74. The number of carboxylic acids is 2. The van der Waals surface area contributed by atoms with Gasteiger partial charge in [0.25, 0.3) is 0 Å². The second-order valence-corrected chi connectivity index (χ2v) is 7.85. The number of aliphatic hydroxyl groups excluding tert-OH is 1. The molecule has 5 unspecified atom stereocenters. The molecule has 0 aliphatic rings. The molecule has 184 valence electrons. The Bertz CT molecular complexity index is 670. The van der Waals surface area contributed by atoms with Crippen LogP contribution in [0.5, 0.6) is 0 Å². The standard InChI is InChI=1S/C19H35N5O8/c1-9(2)14(23-16(28)11(21)8-13(26)27)18(30)22-12(6-4-5-7-20)17(29)24-15(10(3)25)19(31)32/h9-12,14-15,25H,4-8,20-21H2,1-3H3,(H,22,30)(H,23,28)(H,24,29)(H,26,27)(H,31,32). The van der Waals surface area contributed by atoms with Crippen LogP contribution in [-0.2, 0) is 24.0 Å². The van der Waals surface area contributed by atoms with Crippen LogP contribution in [0.3, 0.4) is 0 Å². The average molecular weight is 462 g/mol. The van der Waals surface area contributed by atoms with E-state index >= 15 is 0 Å². The highest BCUT2D eigenvalue weighted by Crippen LogP contribution is 2.07. The second kappa shape index (κ2) is 14.3. The number of amides is 3. The van der Waals surface area contributed by atoms with Crippen molar-refractivity contribution in [3.63, 3.8) is 0 Å². The second-order valence-electron chi connectivity index (χ2n) is 7.85. The summed E-state index contributed by atoms with van der Waals surface area (Å²) in [6, 6.07) is -5.22. The van der Waals surface area contributed by atoms with Gasteiger partial charge in [0, 0.05) is 0 Å². The summed E-state index contributed by atoms with van der Waals surface area (Å²) in [5, 5.41) is 34.6. The van der Waals surface area contributed by atoms with E-state index in [9.17, 15) is 29.1 Å². The van der Waals surface area contributed by atoms with Gasteiger partial charge in [0.2, 0.25) is 17.7 Å². The normalized spacial score (nSPS) is 15.7. The largest absolute Gasteiger partial charge is 0.481 e. The van der Waals surface area contributed by atoms with Crippen molar-refractivity contribution in [2.45, 2.75) is 76.7 Å². The van der Waals surface area contributed by atoms with E-state index in [-0.39, 0.29) is 6.42 Å². The molecule has 3 amide bonds. The van der Waals surface area contributed by atoms with Crippen molar-refractivity contribution in [1.29, 1.82) is 0 Å². The summed E-state index contributed by atoms with van der Waals surface area (Å²) < 4.78 is 0. The number of carboxylic acid groups (broad SMARTS) is 2. The minimum absolute atomic E-state index is 0.137. The van der Waals surface area contributed by atoms with Crippen LogP contribution in [0, 0.1) is 5.92 Å². The lowest BCUT2D eigenvalue weighted by molar-refractivity contribution is -0.145. The summed E-state index contributed by atoms with van der Waals surface area (Å²) >= 11 is 0. The van der Waals surface area contributed by atoms with Gasteiger partial charge >= 0.3 is 11.9 Å². The fourth-order valence-corrected chi connectivity index (χ4v) is 2.74. The molecule has 0 spiro atoms. The molecule has 0 bridgehead atoms. The molecular weight excluding hydrogens is 426 g/mol. The fraction of sp³-hybridized carbons (Fsp3) is 0.737. The third-order valence-electron chi connectivity index (χ3n) is 4.60. The zero-order chi connectivity index (χ0) is 25.0. The van der Waals surface area contributed by atoms with Gasteiger partial charge in [-0.1, -0.05) is 13.8 Å². The van der Waals surface area contributed by atoms with Crippen LogP contribution in [0.4, 0.5) is 0 Å². The minimum atomic E-state index is -1.58. The van der Waals surface area contributed by atoms with Gasteiger partial charge in [0.15, 0.2) is 6.04 Å². The SMILES string of the molecule is CC(C)C(NC(=O)C(N)CC(=O)O)C(=O)NC(CCCCN)C(=O)NC(C(=O)O)C(C)O. The summed E-state index contributed by atoms with van der Waals surface area (Å²) in [6.07, 6.45) is -0.873. The first-order valence-corrected chi connectivity index (χ1v) is 10.3. The number of aliphatic carboxylic acids is 2. The first-order chi connectivity index (χ1) is 14.8. The molecule has 0 aliphatic heterocycles. The zero-order valence-corrected chi connectivity index (χ0v) is 18.5. The first-order valence-electron chi connectivity index (χ1n) is 10.3. The monoisotopic (exact) mass is 461 g/mol. The van der Waals surface area contributed by atoms with Gasteiger partial charge in [-0.25, -0.2) is 4.79 Å². The van der Waals surface area contributed by atoms with Gasteiger partial charge in [-0.15, -0.1) is 0 Å². The number of hydrogen-bond acceptors (Lipinski definition) is 8. The Morgan fingerprint density at radius 2 is 1.41 bits per heavy atom. The molecule has 13 heteroatoms. The predicted molar refractivity (Wildman–Crippen MR) is 113 cm³/mol. The lowest BCUT2D eigenvalue weighted by Gasteiger charge is -2.27. The lowest BCUT2D eigenvalue weighted by Crippen LogP contribution is -2.59. The number of aliphatic hydroxyl groups is 1. The van der Waals surface area contributed by atoms with Crippen molar-refractivity contribution in [3.05, 3.63) is 0 Å². The molecular formula is C19H35N5O8. The molecule has 10 N–H and O–H groups in total. The Labute approximate surface area is 186 Å². The quantitative estimate of drug-likeness (QED) is 0.119. The molecule has 0 aromatic heterocycles. The summed E-state index contributed by atoms with van der Waals surface area (Å²) in [4.78, 5) is 59.6. The summed E-state index contributed by atoms with van der Waals surface area (Å²) in [5.41, 5.74) is 11.0. The number of nitrogens with one attached hydrogen (secondary N) is 3. The van der Waals surface area contributed by atoms with Crippen molar-refractivity contribution in [1.82, 2.24) is 16.0 Å². The van der Waals surface area contributed by atoms with E-state index in [1.54, 1.807) is 13.8 Å². The number of carbonyl (C=O) groups excluding carboxylic acids is 3. The van der Waals surface area contributed by atoms with E-state index in [2.05, 4.69) is 16.0 Å². The molecule has 0 fully saturated rings. The van der Waals surface area contributed by atoms with Crippen LogP contribution in [0.15, 0.2) is 0 Å². The zero-order valence-electron chi connectivity index (χ0n) is 18.5. The maximum atomic E-state index is 12.8. The van der Waals surface area contributed by atoms with E-state index in [1.807, 2.05) is 0 Å². The topological polar surface area (TPSA) is 234 Å². The number of hydrogen-bond donors (Lipinski definition) is 8. The van der Waals surface area contributed by atoms with Crippen LogP contribution in [0.1, 0.15) is 46.5 Å². The van der Waals surface area contributed by atoms with Crippen molar-refractivity contribution in [2.24, 2.45) is 17.4 Å². The molecule has 0 heterocycles. The predicted octanol–water partition coefficient (Wildman–Crippen LogP) is -2.51. The van der Waals surface area contributed by atoms with Crippen LogP contribution in [0.25, 0.3) is 0 Å². The number of carbonyl (C=O) groups is 5. The first kappa shape index (κ1) is 29.2. The number of nitrogens with two attached hydrogens (primary N) is 2. The molecule has 0 radical (unpaired) electrons. The highest BCUT2D eigenvalue weighted by Gasteiger charge is 2.32. The minimum Gasteiger partial charge on any atom is -0.481 e. The molecule has 0 rings (SSSR count). The highest BCUT2D eigenvalue weighted by molar-refractivity contribution is 5.94. The number of rotatable bonds is 15. The Morgan fingerprint density at radius 3 is 1.84 bits per heavy atom. The molecule has 5 atom stereocenters. The average Bonchev–Trinajstić information content (AvgIpc) is 2.67. The van der Waals surface area contributed by atoms with Gasteiger partial charge in [-0.05, 0) is 38.6 Å². The van der Waals surface area contributed by atoms with E-state index in [1.165, 1.54) is 6.92 Å². The Kier molecular flexibility index (Phi) is 13.1. The molecule has 0 aromatic carbocycles. The maximum absolute atomic E-state index is 12.8. The lowest BCUT2D eigenvalue weighted by atomic mass is 10.0. The van der Waals surface area contributed by atoms with Crippen LogP contribution in [0.2, 0.25) is 0 Å². The van der Waals surface area contributed by atoms with E-state index < -0.39 is 72.3 Å². The van der Waals surface area contributed by atoms with Gasteiger partial charge in [0.1, 0.15) is 12.1 Å². The van der Waals surface area contributed by atoms with Crippen molar-refractivity contribution < 1.29 is 39.3 Å². The Hall–Kier alpha value is -2.77. The van der Waals surface area contributed by atoms with Crippen molar-refractivity contribution in [2.75, 3.05) is 6.54 Å². The van der Waals surface area contributed by atoms with E-state index in [4.69, 9.17) is 21.7 Å². The van der Waals surface area contributed by atoms with Crippen molar-refractivity contribution in [3.8, 4) is 0 Å². The molecule has 0 saturated carbocycles. The van der Waals surface area contributed by atoms with Crippen LogP contribution < -0.4 is 27.4 Å². The molecule has 0 saturated heterocycles. The highest BCUT2D eigenvalue weighted by atomic mass is 16.4. The van der Waals surface area contributed by atoms with Gasteiger partial charge in [-0.3, -0.25) is 19.2 Å². The summed E-state index contributed by atoms with van der Waals surface area (Å²) in [6.45, 7) is 4.81. The number of unbranched alkanes of at least 4 members (excludes halogenated alkanes) is 1. The van der Waals surface area contributed by atoms with Gasteiger partial charge < -0.3 is 42.7 Å². The Morgan fingerprint density at radius 1 is 0.844 bits per heavy atom. The third kappa shape index (κ3) is 10.5. The van der Waals surface area contributed by atoms with Crippen LogP contribution in [-0.4, -0.2) is 81.8 Å². The molecule has 13 nitrogen and oxygen atoms in total. The van der Waals surface area contributed by atoms with Gasteiger partial charge in [0.05, 0.1) is 18.6 Å². The van der Waals surface area contributed by atoms with E-state index in [0.29, 0.717) is 19.4 Å². The van der Waals surface area contributed by atoms with Crippen LogP contribution >= 0.6 is 0 Å². The van der Waals surface area contributed by atoms with Gasteiger partial charge in [-0.2, -0.15) is 0 Å². The maximum Gasteiger partial charge on any atom is 0.328 e. The molecule has 32 heavy (non-hydrogen) atoms. The third-order valence-corrected chi connectivity index (χ3v) is 4.60. The van der Waals surface area contributed by atoms with Crippen molar-refractivity contribution >= 4 is 29.7 Å². The Balaban J connectivity index is 5.43. The summed E-state index contributed by atoms with van der Waals surface area (Å²) in [5.74, 6) is -5.55. The molecule has 0 aliphatic carbocycles.